The Morgan fingerprint density at radius 1 is 1.15 bits per heavy atom. The Hall–Kier alpha value is -1.35. The van der Waals surface area contributed by atoms with Gasteiger partial charge in [0.15, 0.2) is 0 Å². The van der Waals surface area contributed by atoms with Crippen LogP contribution in [0.15, 0.2) is 24.3 Å². The summed E-state index contributed by atoms with van der Waals surface area (Å²) < 4.78 is 0. The van der Waals surface area contributed by atoms with Gasteiger partial charge >= 0.3 is 0 Å². The molecule has 2 aromatic rings. The minimum atomic E-state index is 0.602. The van der Waals surface area contributed by atoms with E-state index in [1.54, 1.807) is 0 Å². The topological polar surface area (TPSA) is 37.8 Å². The number of rotatable bonds is 7. The second-order valence-corrected chi connectivity index (χ2v) is 5.54. The van der Waals surface area contributed by atoms with E-state index >= 15 is 0 Å². The number of hydrogen-bond acceptors (Lipinski definition) is 3. The van der Waals surface area contributed by atoms with Crippen molar-refractivity contribution in [2.24, 2.45) is 5.92 Å². The van der Waals surface area contributed by atoms with Gasteiger partial charge in [0, 0.05) is 12.4 Å². The fourth-order valence-corrected chi connectivity index (χ4v) is 2.72. The Labute approximate surface area is 125 Å². The molecule has 0 amide bonds. The molecule has 0 bridgehead atoms. The fraction of sp³-hybridized carbons (Fsp3) is 0.500. The minimum Gasteiger partial charge on any atom is -0.368 e. The number of benzene rings is 1. The van der Waals surface area contributed by atoms with E-state index in [0.29, 0.717) is 11.8 Å². The fourth-order valence-electron chi connectivity index (χ4n) is 2.41. The third-order valence-electron chi connectivity index (χ3n) is 3.52. The Kier molecular flexibility index (Phi) is 5.60. The van der Waals surface area contributed by atoms with Crippen molar-refractivity contribution < 1.29 is 0 Å². The monoisotopic (exact) mass is 291 g/mol. The lowest BCUT2D eigenvalue weighted by Crippen LogP contribution is -2.16. The number of nitrogens with zero attached hydrogens (tertiary/aromatic N) is 2. The van der Waals surface area contributed by atoms with E-state index in [4.69, 9.17) is 11.6 Å². The summed E-state index contributed by atoms with van der Waals surface area (Å²) in [7, 11) is 0. The summed E-state index contributed by atoms with van der Waals surface area (Å²) in [4.78, 5) is 9.25. The second-order valence-electron chi connectivity index (χ2n) is 5.16. The molecule has 108 valence electrons. The number of fused-ring (bicyclic) bond motifs is 1. The van der Waals surface area contributed by atoms with Crippen LogP contribution < -0.4 is 5.32 Å². The lowest BCUT2D eigenvalue weighted by Gasteiger charge is -2.17. The van der Waals surface area contributed by atoms with Crippen LogP contribution in [0, 0.1) is 12.8 Å². The summed E-state index contributed by atoms with van der Waals surface area (Å²) in [6.07, 6.45) is 3.42. The highest BCUT2D eigenvalue weighted by molar-refractivity contribution is 6.17. The maximum atomic E-state index is 5.87. The van der Waals surface area contributed by atoms with E-state index in [2.05, 4.69) is 22.2 Å². The van der Waals surface area contributed by atoms with Gasteiger partial charge in [0.2, 0.25) is 0 Å². The number of para-hydroxylation sites is 2. The smallest absolute Gasteiger partial charge is 0.148 e. The van der Waals surface area contributed by atoms with Crippen LogP contribution in [-0.2, 0) is 0 Å². The van der Waals surface area contributed by atoms with Crippen molar-refractivity contribution in [3.63, 3.8) is 0 Å². The van der Waals surface area contributed by atoms with Gasteiger partial charge in [-0.2, -0.15) is 0 Å². The normalized spacial score (nSPS) is 12.6. The average Bonchev–Trinajstić information content (AvgIpc) is 2.45. The summed E-state index contributed by atoms with van der Waals surface area (Å²) in [6.45, 7) is 5.12. The lowest BCUT2D eigenvalue weighted by molar-refractivity contribution is 0.489. The third-order valence-corrected chi connectivity index (χ3v) is 3.74. The van der Waals surface area contributed by atoms with E-state index in [0.717, 1.165) is 35.5 Å². The third kappa shape index (κ3) is 3.83. The van der Waals surface area contributed by atoms with Crippen LogP contribution in [0.25, 0.3) is 11.0 Å². The number of anilines is 1. The first-order chi connectivity index (χ1) is 9.74. The highest BCUT2D eigenvalue weighted by Gasteiger charge is 2.09. The molecule has 1 aromatic heterocycles. The molecule has 20 heavy (non-hydrogen) atoms. The molecule has 2 rings (SSSR count). The zero-order valence-electron chi connectivity index (χ0n) is 12.2. The van der Waals surface area contributed by atoms with Crippen LogP contribution in [0.5, 0.6) is 0 Å². The van der Waals surface area contributed by atoms with E-state index in [1.165, 1.54) is 12.8 Å². The molecule has 1 unspecified atom stereocenters. The van der Waals surface area contributed by atoms with Crippen molar-refractivity contribution in [3.8, 4) is 0 Å². The van der Waals surface area contributed by atoms with Gasteiger partial charge in [0.25, 0.3) is 0 Å². The molecule has 0 fully saturated rings. The number of aromatic nitrogens is 2. The van der Waals surface area contributed by atoms with Gasteiger partial charge in [-0.25, -0.2) is 9.97 Å². The van der Waals surface area contributed by atoms with Gasteiger partial charge in [0.05, 0.1) is 16.7 Å². The lowest BCUT2D eigenvalue weighted by atomic mass is 10.0. The molecule has 4 heteroatoms. The number of aryl methyl sites for hydroxylation is 1. The molecular formula is C16H22ClN3. The Balaban J connectivity index is 2.10. The molecule has 0 radical (unpaired) electrons. The maximum absolute atomic E-state index is 5.87. The molecule has 1 aromatic carbocycles. The Morgan fingerprint density at radius 2 is 1.85 bits per heavy atom. The van der Waals surface area contributed by atoms with Gasteiger partial charge in [-0.15, -0.1) is 11.6 Å². The van der Waals surface area contributed by atoms with Crippen LogP contribution >= 0.6 is 11.6 Å². The van der Waals surface area contributed by atoms with E-state index in [9.17, 15) is 0 Å². The summed E-state index contributed by atoms with van der Waals surface area (Å²) in [5.41, 5.74) is 2.83. The summed E-state index contributed by atoms with van der Waals surface area (Å²) in [6, 6.07) is 7.96. The molecule has 0 spiro atoms. The van der Waals surface area contributed by atoms with Gasteiger partial charge in [-0.1, -0.05) is 25.5 Å². The first kappa shape index (κ1) is 15.0. The first-order valence-electron chi connectivity index (χ1n) is 7.27. The van der Waals surface area contributed by atoms with E-state index < -0.39 is 0 Å². The van der Waals surface area contributed by atoms with E-state index in [1.807, 2.05) is 31.2 Å². The van der Waals surface area contributed by atoms with Crippen molar-refractivity contribution in [2.45, 2.75) is 33.1 Å². The van der Waals surface area contributed by atoms with Crippen LogP contribution in [0.4, 0.5) is 5.82 Å². The highest BCUT2D eigenvalue weighted by Crippen LogP contribution is 2.18. The largest absolute Gasteiger partial charge is 0.368 e. The average molecular weight is 292 g/mol. The van der Waals surface area contributed by atoms with Crippen molar-refractivity contribution in [1.82, 2.24) is 9.97 Å². The van der Waals surface area contributed by atoms with Crippen molar-refractivity contribution >= 4 is 28.5 Å². The SMILES string of the molecule is CCCC(CCCl)CNc1nc2ccccc2nc1C. The zero-order valence-corrected chi connectivity index (χ0v) is 13.0. The van der Waals surface area contributed by atoms with Gasteiger partial charge in [-0.3, -0.25) is 0 Å². The molecule has 3 nitrogen and oxygen atoms in total. The predicted molar refractivity (Wildman–Crippen MR) is 86.5 cm³/mol. The van der Waals surface area contributed by atoms with Crippen LogP contribution in [-0.4, -0.2) is 22.4 Å². The first-order valence-corrected chi connectivity index (χ1v) is 7.81. The van der Waals surface area contributed by atoms with Gasteiger partial charge in [0.1, 0.15) is 5.82 Å². The number of halogens is 1. The molecule has 1 heterocycles. The maximum Gasteiger partial charge on any atom is 0.148 e. The summed E-state index contributed by atoms with van der Waals surface area (Å²) in [5, 5.41) is 3.44. The Morgan fingerprint density at radius 3 is 2.50 bits per heavy atom. The number of nitrogens with one attached hydrogen (secondary N) is 1. The quantitative estimate of drug-likeness (QED) is 0.769. The van der Waals surface area contributed by atoms with E-state index in [-0.39, 0.29) is 0 Å². The predicted octanol–water partition coefficient (Wildman–Crippen LogP) is 4.40. The minimum absolute atomic E-state index is 0.602. The number of alkyl halides is 1. The molecule has 0 aliphatic rings. The second kappa shape index (κ2) is 7.44. The van der Waals surface area contributed by atoms with Gasteiger partial charge in [-0.05, 0) is 37.8 Å². The summed E-state index contributed by atoms with van der Waals surface area (Å²) >= 11 is 5.87. The van der Waals surface area contributed by atoms with Crippen LogP contribution in [0.2, 0.25) is 0 Å². The van der Waals surface area contributed by atoms with Crippen molar-refractivity contribution in [2.75, 3.05) is 17.7 Å². The molecule has 0 aliphatic heterocycles. The highest BCUT2D eigenvalue weighted by atomic mass is 35.5. The van der Waals surface area contributed by atoms with Crippen molar-refractivity contribution in [3.05, 3.63) is 30.0 Å². The molecule has 1 atom stereocenters. The molecule has 1 N–H and O–H groups in total. The molecule has 0 saturated carbocycles. The molecule has 0 aliphatic carbocycles. The molecule has 0 saturated heterocycles. The number of hydrogen-bond donors (Lipinski definition) is 1. The summed E-state index contributed by atoms with van der Waals surface area (Å²) in [5.74, 6) is 2.21. The Bertz CT molecular complexity index is 550. The van der Waals surface area contributed by atoms with Crippen LogP contribution in [0.1, 0.15) is 31.9 Å². The van der Waals surface area contributed by atoms with Crippen LogP contribution in [0.3, 0.4) is 0 Å². The van der Waals surface area contributed by atoms with Gasteiger partial charge < -0.3 is 5.32 Å². The standard InChI is InChI=1S/C16H22ClN3/c1-3-6-13(9-10-17)11-18-16-12(2)19-14-7-4-5-8-15(14)20-16/h4-5,7-8,13H,3,6,9-11H2,1-2H3,(H,18,20). The van der Waals surface area contributed by atoms with Crippen molar-refractivity contribution in [1.29, 1.82) is 0 Å². The zero-order chi connectivity index (χ0) is 14.4. The molecular weight excluding hydrogens is 270 g/mol.